The molecule has 22 heavy (non-hydrogen) atoms. The second-order valence-corrected chi connectivity index (χ2v) is 5.38. The number of rotatable bonds is 4. The first-order valence-corrected chi connectivity index (χ1v) is 7.68. The van der Waals surface area contributed by atoms with Gasteiger partial charge in [-0.25, -0.2) is 4.99 Å². The molecule has 0 saturated carbocycles. The number of hydrogen-bond acceptors (Lipinski definition) is 4. The van der Waals surface area contributed by atoms with E-state index in [-0.39, 0.29) is 0 Å². The maximum absolute atomic E-state index is 5.44. The SMILES string of the molecule is COc1ccccc1N=c1sccn1-c1ccccc1OC. The fourth-order valence-electron chi connectivity index (χ4n) is 2.19. The molecule has 0 amide bonds. The maximum Gasteiger partial charge on any atom is 0.194 e. The third-order valence-corrected chi connectivity index (χ3v) is 3.99. The van der Waals surface area contributed by atoms with E-state index in [2.05, 4.69) is 0 Å². The molecule has 0 aliphatic carbocycles. The number of para-hydroxylation sites is 4. The van der Waals surface area contributed by atoms with E-state index in [4.69, 9.17) is 14.5 Å². The highest BCUT2D eigenvalue weighted by molar-refractivity contribution is 7.07. The summed E-state index contributed by atoms with van der Waals surface area (Å²) in [5.74, 6) is 1.56. The molecular formula is C17H16N2O2S. The Morgan fingerprint density at radius 2 is 1.59 bits per heavy atom. The van der Waals surface area contributed by atoms with Gasteiger partial charge in [0.05, 0.1) is 19.9 Å². The standard InChI is InChI=1S/C17H16N2O2S/c1-20-15-9-5-3-7-13(15)18-17-19(11-12-22-17)14-8-4-6-10-16(14)21-2/h3-12H,1-2H3. The molecule has 3 aromatic rings. The molecule has 0 aliphatic heterocycles. The van der Waals surface area contributed by atoms with Gasteiger partial charge >= 0.3 is 0 Å². The molecule has 2 aromatic carbocycles. The summed E-state index contributed by atoms with van der Waals surface area (Å²) < 4.78 is 12.8. The summed E-state index contributed by atoms with van der Waals surface area (Å²) in [6.07, 6.45) is 1.98. The average Bonchev–Trinajstić information content (AvgIpc) is 3.03. The second-order valence-electron chi connectivity index (χ2n) is 4.51. The van der Waals surface area contributed by atoms with Gasteiger partial charge in [-0.1, -0.05) is 24.3 Å². The van der Waals surface area contributed by atoms with Gasteiger partial charge in [0, 0.05) is 11.6 Å². The Morgan fingerprint density at radius 3 is 2.36 bits per heavy atom. The van der Waals surface area contributed by atoms with Crippen LogP contribution in [0.15, 0.2) is 65.1 Å². The van der Waals surface area contributed by atoms with Crippen molar-refractivity contribution in [2.75, 3.05) is 14.2 Å². The summed E-state index contributed by atoms with van der Waals surface area (Å²) in [7, 11) is 3.32. The zero-order chi connectivity index (χ0) is 15.4. The molecule has 0 atom stereocenters. The van der Waals surface area contributed by atoms with Crippen LogP contribution in [0.1, 0.15) is 0 Å². The van der Waals surface area contributed by atoms with Crippen LogP contribution in [0.5, 0.6) is 11.5 Å². The number of nitrogens with zero attached hydrogens (tertiary/aromatic N) is 2. The summed E-state index contributed by atoms with van der Waals surface area (Å²) in [6.45, 7) is 0. The van der Waals surface area contributed by atoms with Crippen LogP contribution in [-0.4, -0.2) is 18.8 Å². The van der Waals surface area contributed by atoms with E-state index in [0.717, 1.165) is 27.7 Å². The number of hydrogen-bond donors (Lipinski definition) is 0. The summed E-state index contributed by atoms with van der Waals surface area (Å²) >= 11 is 1.56. The van der Waals surface area contributed by atoms with Gasteiger partial charge in [0.2, 0.25) is 0 Å². The van der Waals surface area contributed by atoms with Crippen molar-refractivity contribution in [3.05, 3.63) is 64.9 Å². The third kappa shape index (κ3) is 2.76. The minimum absolute atomic E-state index is 0.752. The zero-order valence-corrected chi connectivity index (χ0v) is 13.2. The molecule has 1 heterocycles. The molecule has 3 rings (SSSR count). The lowest BCUT2D eigenvalue weighted by atomic mass is 10.3. The molecule has 5 heteroatoms. The van der Waals surface area contributed by atoms with E-state index >= 15 is 0 Å². The van der Waals surface area contributed by atoms with E-state index in [1.165, 1.54) is 0 Å². The van der Waals surface area contributed by atoms with Gasteiger partial charge in [-0.15, -0.1) is 11.3 Å². The Balaban J connectivity index is 2.15. The van der Waals surface area contributed by atoms with Crippen molar-refractivity contribution in [2.24, 2.45) is 4.99 Å². The van der Waals surface area contributed by atoms with Crippen molar-refractivity contribution < 1.29 is 9.47 Å². The smallest absolute Gasteiger partial charge is 0.194 e. The minimum Gasteiger partial charge on any atom is -0.495 e. The van der Waals surface area contributed by atoms with Gasteiger partial charge < -0.3 is 9.47 Å². The Hall–Kier alpha value is -2.53. The van der Waals surface area contributed by atoms with E-state index in [1.54, 1.807) is 25.6 Å². The van der Waals surface area contributed by atoms with Gasteiger partial charge in [0.25, 0.3) is 0 Å². The van der Waals surface area contributed by atoms with Crippen molar-refractivity contribution in [2.45, 2.75) is 0 Å². The molecule has 0 spiro atoms. The van der Waals surface area contributed by atoms with Crippen molar-refractivity contribution >= 4 is 17.0 Å². The molecule has 0 fully saturated rings. The molecule has 0 radical (unpaired) electrons. The van der Waals surface area contributed by atoms with Gasteiger partial charge in [-0.05, 0) is 24.3 Å². The average molecular weight is 312 g/mol. The van der Waals surface area contributed by atoms with Crippen LogP contribution in [0.25, 0.3) is 5.69 Å². The first-order chi connectivity index (χ1) is 10.8. The van der Waals surface area contributed by atoms with Crippen LogP contribution in [0.4, 0.5) is 5.69 Å². The topological polar surface area (TPSA) is 35.8 Å². The molecule has 0 bridgehead atoms. The molecule has 4 nitrogen and oxygen atoms in total. The van der Waals surface area contributed by atoms with Gasteiger partial charge in [0.1, 0.15) is 17.2 Å². The molecule has 1 aromatic heterocycles. The lowest BCUT2D eigenvalue weighted by Crippen LogP contribution is -2.12. The highest BCUT2D eigenvalue weighted by Crippen LogP contribution is 2.26. The predicted molar refractivity (Wildman–Crippen MR) is 88.4 cm³/mol. The summed E-state index contributed by atoms with van der Waals surface area (Å²) in [6, 6.07) is 15.6. The van der Waals surface area contributed by atoms with Crippen LogP contribution in [0.3, 0.4) is 0 Å². The maximum atomic E-state index is 5.44. The monoisotopic (exact) mass is 312 g/mol. The Kier molecular flexibility index (Phi) is 4.25. The predicted octanol–water partition coefficient (Wildman–Crippen LogP) is 3.79. The highest BCUT2D eigenvalue weighted by atomic mass is 32.1. The Bertz CT molecular complexity index is 836. The van der Waals surface area contributed by atoms with Crippen LogP contribution < -0.4 is 14.3 Å². The zero-order valence-electron chi connectivity index (χ0n) is 12.4. The number of thiazole rings is 1. The Morgan fingerprint density at radius 1 is 0.909 bits per heavy atom. The van der Waals surface area contributed by atoms with Crippen molar-refractivity contribution in [3.63, 3.8) is 0 Å². The lowest BCUT2D eigenvalue weighted by Gasteiger charge is -2.09. The molecule has 0 N–H and O–H groups in total. The van der Waals surface area contributed by atoms with Gasteiger partial charge in [0.15, 0.2) is 4.80 Å². The third-order valence-electron chi connectivity index (χ3n) is 3.24. The normalized spacial score (nSPS) is 11.5. The molecule has 0 unspecified atom stereocenters. The lowest BCUT2D eigenvalue weighted by molar-refractivity contribution is 0.412. The van der Waals surface area contributed by atoms with Crippen molar-refractivity contribution in [1.82, 2.24) is 4.57 Å². The van der Waals surface area contributed by atoms with E-state index in [9.17, 15) is 0 Å². The molecule has 0 aliphatic rings. The number of methoxy groups -OCH3 is 2. The van der Waals surface area contributed by atoms with Gasteiger partial charge in [-0.2, -0.15) is 0 Å². The number of aromatic nitrogens is 1. The minimum atomic E-state index is 0.752. The largest absolute Gasteiger partial charge is 0.495 e. The fraction of sp³-hybridized carbons (Fsp3) is 0.118. The molecule has 0 saturated heterocycles. The van der Waals surface area contributed by atoms with E-state index in [0.29, 0.717) is 0 Å². The van der Waals surface area contributed by atoms with Crippen LogP contribution in [0, 0.1) is 0 Å². The molecule has 112 valence electrons. The fourth-order valence-corrected chi connectivity index (χ4v) is 2.92. The van der Waals surface area contributed by atoms with Crippen LogP contribution >= 0.6 is 11.3 Å². The van der Waals surface area contributed by atoms with Crippen LogP contribution in [0.2, 0.25) is 0 Å². The van der Waals surface area contributed by atoms with Gasteiger partial charge in [-0.3, -0.25) is 4.57 Å². The van der Waals surface area contributed by atoms with Crippen molar-refractivity contribution in [3.8, 4) is 17.2 Å². The highest BCUT2D eigenvalue weighted by Gasteiger charge is 2.07. The summed E-state index contributed by atoms with van der Waals surface area (Å²) in [4.78, 5) is 5.58. The molecular weight excluding hydrogens is 296 g/mol. The first kappa shape index (κ1) is 14.4. The van der Waals surface area contributed by atoms with E-state index in [1.807, 2.05) is 64.7 Å². The van der Waals surface area contributed by atoms with E-state index < -0.39 is 0 Å². The first-order valence-electron chi connectivity index (χ1n) is 6.81. The van der Waals surface area contributed by atoms with Crippen LogP contribution in [-0.2, 0) is 0 Å². The Labute approximate surface area is 132 Å². The summed E-state index contributed by atoms with van der Waals surface area (Å²) in [5, 5.41) is 2.00. The van der Waals surface area contributed by atoms with Crippen molar-refractivity contribution in [1.29, 1.82) is 0 Å². The number of benzene rings is 2. The second kappa shape index (κ2) is 6.49. The summed E-state index contributed by atoms with van der Waals surface area (Å²) in [5.41, 5.74) is 1.76. The quantitative estimate of drug-likeness (QED) is 0.735. The number of ether oxygens (including phenoxy) is 2.